The minimum atomic E-state index is -1.22. The van der Waals surface area contributed by atoms with Gasteiger partial charge in [-0.1, -0.05) is 30.3 Å². The summed E-state index contributed by atoms with van der Waals surface area (Å²) in [6.07, 6.45) is -0.823. The van der Waals surface area contributed by atoms with Crippen molar-refractivity contribution in [3.05, 3.63) is 52.3 Å². The first-order valence-corrected chi connectivity index (χ1v) is 6.03. The fraction of sp³-hybridized carbons (Fsp3) is 0.167. The van der Waals surface area contributed by atoms with E-state index in [4.69, 9.17) is 5.11 Å². The molecule has 105 valence electrons. The molecule has 19 heavy (non-hydrogen) atoms. The van der Waals surface area contributed by atoms with E-state index in [0.29, 0.717) is 0 Å². The molecule has 1 N–H and O–H groups in total. The predicted octanol–water partition coefficient (Wildman–Crippen LogP) is 3.09. The van der Waals surface area contributed by atoms with Crippen LogP contribution in [0.3, 0.4) is 0 Å². The number of hydrogen-bond donors (Lipinski definition) is 1. The first-order valence-electron chi connectivity index (χ1n) is 5.24. The summed E-state index contributed by atoms with van der Waals surface area (Å²) in [5.41, 5.74) is 0.618. The van der Waals surface area contributed by atoms with E-state index < -0.39 is 18.1 Å². The van der Waals surface area contributed by atoms with Gasteiger partial charge in [-0.2, -0.15) is 9.37 Å². The standard InChI is InChI=1S/C12H10BrFN2O2.Ag/c1-7(8-5-3-2-4-6-8)16-9(11(17)18)10(13)15-12(16)14;/h2-7H,1H3,(H,17,18);/t7-;/m1./s1. The number of aromatic carboxylic acids is 1. The molecule has 7 heteroatoms. The molecule has 0 fully saturated rings. The monoisotopic (exact) mass is 419 g/mol. The van der Waals surface area contributed by atoms with Crippen molar-refractivity contribution in [2.45, 2.75) is 13.0 Å². The largest absolute Gasteiger partial charge is 0.476 e. The van der Waals surface area contributed by atoms with Crippen LogP contribution in [0.25, 0.3) is 0 Å². The maximum absolute atomic E-state index is 13.7. The molecule has 0 amide bonds. The fourth-order valence-electron chi connectivity index (χ4n) is 1.80. The first kappa shape index (κ1) is 16.1. The number of aromatic nitrogens is 2. The van der Waals surface area contributed by atoms with Crippen LogP contribution >= 0.6 is 15.9 Å². The quantitative estimate of drug-likeness (QED) is 0.776. The molecule has 0 saturated carbocycles. The summed E-state index contributed by atoms with van der Waals surface area (Å²) < 4.78 is 14.8. The number of nitrogens with zero attached hydrogens (tertiary/aromatic N) is 2. The summed E-state index contributed by atoms with van der Waals surface area (Å²) in [5.74, 6) is -1.22. The van der Waals surface area contributed by atoms with E-state index in [1.807, 2.05) is 30.3 Å². The van der Waals surface area contributed by atoms with Gasteiger partial charge in [-0.25, -0.2) is 4.79 Å². The van der Waals surface area contributed by atoms with Gasteiger partial charge in [0.2, 0.25) is 0 Å². The van der Waals surface area contributed by atoms with E-state index in [0.717, 1.165) is 10.1 Å². The van der Waals surface area contributed by atoms with Gasteiger partial charge in [0.1, 0.15) is 4.60 Å². The zero-order valence-electron chi connectivity index (χ0n) is 9.77. The molecule has 4 nitrogen and oxygen atoms in total. The third kappa shape index (κ3) is 3.14. The average molecular weight is 421 g/mol. The number of imidazole rings is 1. The number of hydrogen-bond acceptors (Lipinski definition) is 2. The molecular weight excluding hydrogens is 411 g/mol. The van der Waals surface area contributed by atoms with E-state index >= 15 is 0 Å². The van der Waals surface area contributed by atoms with Crippen LogP contribution in [0, 0.1) is 6.08 Å². The molecule has 0 aliphatic carbocycles. The first-order chi connectivity index (χ1) is 8.52. The summed E-state index contributed by atoms with van der Waals surface area (Å²) in [7, 11) is 0. The van der Waals surface area contributed by atoms with E-state index in [9.17, 15) is 9.18 Å². The molecule has 2 rings (SSSR count). The topological polar surface area (TPSA) is 55.1 Å². The SMILES string of the molecule is C[C@H](c1ccccc1)n1c(F)nc(Br)c1C(=O)O.[Ag]. The van der Waals surface area contributed by atoms with Gasteiger partial charge < -0.3 is 5.11 Å². The number of benzene rings is 1. The van der Waals surface area contributed by atoms with Crippen LogP contribution in [-0.2, 0) is 22.4 Å². The number of carboxylic acids is 1. The molecular formula is C12H10AgBrFN2O2. The molecule has 1 atom stereocenters. The second kappa shape index (κ2) is 6.47. The van der Waals surface area contributed by atoms with Crippen LogP contribution in [0.1, 0.15) is 29.0 Å². The number of halogens is 2. The minimum Gasteiger partial charge on any atom is -0.476 e. The van der Waals surface area contributed by atoms with Gasteiger partial charge in [0, 0.05) is 22.4 Å². The van der Waals surface area contributed by atoms with E-state index in [-0.39, 0.29) is 32.7 Å². The minimum absolute atomic E-state index is 0. The van der Waals surface area contributed by atoms with Crippen LogP contribution in [0.2, 0.25) is 0 Å². The van der Waals surface area contributed by atoms with Gasteiger partial charge in [-0.3, -0.25) is 4.57 Å². The number of rotatable bonds is 3. The predicted molar refractivity (Wildman–Crippen MR) is 67.1 cm³/mol. The average Bonchev–Trinajstić information content (AvgIpc) is 2.64. The van der Waals surface area contributed by atoms with Crippen molar-refractivity contribution >= 4 is 21.9 Å². The molecule has 1 aromatic heterocycles. The van der Waals surface area contributed by atoms with Crippen molar-refractivity contribution in [2.75, 3.05) is 0 Å². The van der Waals surface area contributed by atoms with Crippen molar-refractivity contribution in [3.63, 3.8) is 0 Å². The molecule has 1 heterocycles. The Balaban J connectivity index is 0.00000180. The van der Waals surface area contributed by atoms with E-state index in [2.05, 4.69) is 20.9 Å². The second-order valence-corrected chi connectivity index (χ2v) is 4.53. The van der Waals surface area contributed by atoms with Crippen molar-refractivity contribution in [3.8, 4) is 0 Å². The normalized spacial score (nSPS) is 11.7. The Bertz CT molecular complexity index is 589. The molecule has 1 aromatic carbocycles. The Hall–Kier alpha value is -0.950. The van der Waals surface area contributed by atoms with Gasteiger partial charge in [0.25, 0.3) is 6.08 Å². The zero-order chi connectivity index (χ0) is 13.3. The Morgan fingerprint density at radius 1 is 1.42 bits per heavy atom. The fourth-order valence-corrected chi connectivity index (χ4v) is 2.31. The van der Waals surface area contributed by atoms with E-state index in [1.165, 1.54) is 0 Å². The summed E-state index contributed by atoms with van der Waals surface area (Å²) in [6.45, 7) is 1.72. The maximum Gasteiger partial charge on any atom is 0.355 e. The van der Waals surface area contributed by atoms with Crippen molar-refractivity contribution in [2.24, 2.45) is 0 Å². The molecule has 2 aromatic rings. The second-order valence-electron chi connectivity index (χ2n) is 3.78. The van der Waals surface area contributed by atoms with Gasteiger partial charge >= 0.3 is 5.97 Å². The molecule has 0 unspecified atom stereocenters. The molecule has 0 bridgehead atoms. The summed E-state index contributed by atoms with van der Waals surface area (Å²) in [4.78, 5) is 14.6. The maximum atomic E-state index is 13.7. The van der Waals surface area contributed by atoms with Crippen LogP contribution in [-0.4, -0.2) is 20.6 Å². The van der Waals surface area contributed by atoms with Gasteiger partial charge in [0.05, 0.1) is 6.04 Å². The van der Waals surface area contributed by atoms with Crippen LogP contribution in [0.15, 0.2) is 34.9 Å². The summed E-state index contributed by atoms with van der Waals surface area (Å²) in [5, 5.41) is 9.10. The van der Waals surface area contributed by atoms with Crippen LogP contribution in [0.4, 0.5) is 4.39 Å². The Labute approximate surface area is 133 Å². The Morgan fingerprint density at radius 2 is 2.00 bits per heavy atom. The molecule has 0 spiro atoms. The number of carbonyl (C=O) groups is 1. The third-order valence-corrected chi connectivity index (χ3v) is 3.25. The van der Waals surface area contributed by atoms with Gasteiger partial charge in [0.15, 0.2) is 5.69 Å². The van der Waals surface area contributed by atoms with Crippen molar-refractivity contribution < 1.29 is 36.7 Å². The zero-order valence-corrected chi connectivity index (χ0v) is 12.8. The van der Waals surface area contributed by atoms with Crippen LogP contribution in [0.5, 0.6) is 0 Å². The van der Waals surface area contributed by atoms with E-state index in [1.54, 1.807) is 6.92 Å². The Kier molecular flexibility index (Phi) is 5.49. The molecule has 1 radical (unpaired) electrons. The van der Waals surface area contributed by atoms with Gasteiger partial charge in [-0.05, 0) is 28.4 Å². The van der Waals surface area contributed by atoms with Crippen molar-refractivity contribution in [1.82, 2.24) is 9.55 Å². The summed E-state index contributed by atoms with van der Waals surface area (Å²) >= 11 is 2.96. The van der Waals surface area contributed by atoms with Crippen molar-refractivity contribution in [1.29, 1.82) is 0 Å². The van der Waals surface area contributed by atoms with Gasteiger partial charge in [-0.15, -0.1) is 0 Å². The number of carboxylic acid groups (broad SMARTS) is 1. The molecule has 0 aliphatic heterocycles. The summed E-state index contributed by atoms with van der Waals surface area (Å²) in [6, 6.07) is 8.64. The third-order valence-electron chi connectivity index (χ3n) is 2.70. The van der Waals surface area contributed by atoms with Crippen LogP contribution < -0.4 is 0 Å². The smallest absolute Gasteiger partial charge is 0.355 e. The molecule has 0 saturated heterocycles. The Morgan fingerprint density at radius 3 is 2.53 bits per heavy atom. The molecule has 0 aliphatic rings.